The SMILES string of the molecule is CCOc1ccc([C@H](CC(=O)O)NC(=O)c2c(F)cccc2F)cc1. The third kappa shape index (κ3) is 4.76. The number of ether oxygens (including phenoxy) is 1. The number of carbonyl (C=O) groups is 2. The maximum Gasteiger partial charge on any atom is 0.305 e. The first-order valence-corrected chi connectivity index (χ1v) is 7.61. The highest BCUT2D eigenvalue weighted by Gasteiger charge is 2.23. The summed E-state index contributed by atoms with van der Waals surface area (Å²) >= 11 is 0. The van der Waals surface area contributed by atoms with Gasteiger partial charge in [0.15, 0.2) is 0 Å². The summed E-state index contributed by atoms with van der Waals surface area (Å²) in [6.45, 7) is 2.30. The molecule has 5 nitrogen and oxygen atoms in total. The predicted octanol–water partition coefficient (Wildman–Crippen LogP) is 3.31. The molecule has 25 heavy (non-hydrogen) atoms. The molecule has 0 aliphatic rings. The minimum atomic E-state index is -1.16. The lowest BCUT2D eigenvalue weighted by Crippen LogP contribution is -2.31. The summed E-state index contributed by atoms with van der Waals surface area (Å²) in [7, 11) is 0. The molecule has 2 aromatic carbocycles. The van der Waals surface area contributed by atoms with Crippen LogP contribution in [0.1, 0.15) is 35.3 Å². The van der Waals surface area contributed by atoms with Crippen LogP contribution in [0.25, 0.3) is 0 Å². The Kier molecular flexibility index (Phi) is 6.05. The maximum atomic E-state index is 13.7. The zero-order valence-electron chi connectivity index (χ0n) is 13.5. The monoisotopic (exact) mass is 349 g/mol. The van der Waals surface area contributed by atoms with E-state index in [1.165, 1.54) is 0 Å². The third-order valence-electron chi connectivity index (χ3n) is 3.47. The molecule has 0 bridgehead atoms. The van der Waals surface area contributed by atoms with E-state index >= 15 is 0 Å². The summed E-state index contributed by atoms with van der Waals surface area (Å²) in [5, 5.41) is 11.4. The lowest BCUT2D eigenvalue weighted by molar-refractivity contribution is -0.137. The van der Waals surface area contributed by atoms with Crippen molar-refractivity contribution in [1.29, 1.82) is 0 Å². The highest BCUT2D eigenvalue weighted by Crippen LogP contribution is 2.22. The van der Waals surface area contributed by atoms with E-state index in [0.29, 0.717) is 17.9 Å². The zero-order chi connectivity index (χ0) is 18.4. The maximum absolute atomic E-state index is 13.7. The van der Waals surface area contributed by atoms with E-state index < -0.39 is 41.5 Å². The van der Waals surface area contributed by atoms with Crippen molar-refractivity contribution in [2.75, 3.05) is 6.61 Å². The molecule has 2 N–H and O–H groups in total. The number of carboxylic acid groups (broad SMARTS) is 1. The van der Waals surface area contributed by atoms with Crippen molar-refractivity contribution in [3.63, 3.8) is 0 Å². The van der Waals surface area contributed by atoms with Gasteiger partial charge in [-0.05, 0) is 36.8 Å². The molecule has 7 heteroatoms. The molecule has 0 saturated heterocycles. The Morgan fingerprint density at radius 1 is 1.12 bits per heavy atom. The van der Waals surface area contributed by atoms with Gasteiger partial charge in [0, 0.05) is 0 Å². The molecular formula is C18H17F2NO4. The van der Waals surface area contributed by atoms with Crippen molar-refractivity contribution in [3.8, 4) is 5.75 Å². The van der Waals surface area contributed by atoms with Gasteiger partial charge in [0.05, 0.1) is 19.1 Å². The first kappa shape index (κ1) is 18.4. The largest absolute Gasteiger partial charge is 0.494 e. The van der Waals surface area contributed by atoms with Gasteiger partial charge >= 0.3 is 5.97 Å². The summed E-state index contributed by atoms with van der Waals surface area (Å²) in [6.07, 6.45) is -0.435. The van der Waals surface area contributed by atoms with E-state index in [0.717, 1.165) is 18.2 Å². The van der Waals surface area contributed by atoms with Gasteiger partial charge in [0.25, 0.3) is 5.91 Å². The van der Waals surface area contributed by atoms with Crippen LogP contribution in [0.15, 0.2) is 42.5 Å². The average molecular weight is 349 g/mol. The Labute approximate surface area is 143 Å². The molecule has 0 unspecified atom stereocenters. The Balaban J connectivity index is 2.25. The van der Waals surface area contributed by atoms with Crippen LogP contribution in [-0.2, 0) is 4.79 Å². The number of carboxylic acids is 1. The molecule has 1 amide bonds. The van der Waals surface area contributed by atoms with Crippen molar-refractivity contribution < 1.29 is 28.2 Å². The molecule has 0 aliphatic heterocycles. The Hall–Kier alpha value is -2.96. The van der Waals surface area contributed by atoms with Crippen LogP contribution in [0.5, 0.6) is 5.75 Å². The molecule has 2 aromatic rings. The number of aliphatic carboxylic acids is 1. The summed E-state index contributed by atoms with van der Waals surface area (Å²) in [5.74, 6) is -3.62. The van der Waals surface area contributed by atoms with Crippen molar-refractivity contribution >= 4 is 11.9 Å². The molecular weight excluding hydrogens is 332 g/mol. The quantitative estimate of drug-likeness (QED) is 0.804. The number of benzene rings is 2. The van der Waals surface area contributed by atoms with Gasteiger partial charge in [0.2, 0.25) is 0 Å². The molecule has 0 saturated carbocycles. The number of carbonyl (C=O) groups excluding carboxylic acids is 1. The average Bonchev–Trinajstić information content (AvgIpc) is 2.54. The van der Waals surface area contributed by atoms with Gasteiger partial charge in [-0.3, -0.25) is 9.59 Å². The summed E-state index contributed by atoms with van der Waals surface area (Å²) in [4.78, 5) is 23.3. The van der Waals surface area contributed by atoms with Crippen LogP contribution >= 0.6 is 0 Å². The van der Waals surface area contributed by atoms with Gasteiger partial charge in [0.1, 0.15) is 22.9 Å². The number of amides is 1. The summed E-state index contributed by atoms with van der Waals surface area (Å²) < 4.78 is 32.7. The smallest absolute Gasteiger partial charge is 0.305 e. The fourth-order valence-electron chi connectivity index (χ4n) is 2.34. The predicted molar refractivity (Wildman–Crippen MR) is 86.4 cm³/mol. The fourth-order valence-corrected chi connectivity index (χ4v) is 2.34. The zero-order valence-corrected chi connectivity index (χ0v) is 13.5. The van der Waals surface area contributed by atoms with E-state index in [1.54, 1.807) is 24.3 Å². The van der Waals surface area contributed by atoms with E-state index in [-0.39, 0.29) is 0 Å². The molecule has 0 aliphatic carbocycles. The molecule has 0 fully saturated rings. The topological polar surface area (TPSA) is 75.6 Å². The summed E-state index contributed by atoms with van der Waals surface area (Å²) in [6, 6.07) is 8.56. The van der Waals surface area contributed by atoms with Crippen LogP contribution in [-0.4, -0.2) is 23.6 Å². The Morgan fingerprint density at radius 3 is 2.24 bits per heavy atom. The highest BCUT2D eigenvalue weighted by molar-refractivity contribution is 5.95. The normalized spacial score (nSPS) is 11.6. The minimum Gasteiger partial charge on any atom is -0.494 e. The van der Waals surface area contributed by atoms with E-state index in [9.17, 15) is 18.4 Å². The van der Waals surface area contributed by atoms with E-state index in [2.05, 4.69) is 5.32 Å². The van der Waals surface area contributed by atoms with E-state index in [1.807, 2.05) is 6.92 Å². The number of hydrogen-bond acceptors (Lipinski definition) is 3. The van der Waals surface area contributed by atoms with Crippen molar-refractivity contribution in [1.82, 2.24) is 5.32 Å². The van der Waals surface area contributed by atoms with Crippen LogP contribution in [0.2, 0.25) is 0 Å². The van der Waals surface area contributed by atoms with Crippen molar-refractivity contribution in [2.24, 2.45) is 0 Å². The van der Waals surface area contributed by atoms with Gasteiger partial charge in [-0.2, -0.15) is 0 Å². The van der Waals surface area contributed by atoms with Crippen LogP contribution in [0.4, 0.5) is 8.78 Å². The number of halogens is 2. The first-order valence-electron chi connectivity index (χ1n) is 7.61. The molecule has 1 atom stereocenters. The second kappa shape index (κ2) is 8.23. The second-order valence-electron chi connectivity index (χ2n) is 5.22. The number of hydrogen-bond donors (Lipinski definition) is 2. The number of nitrogens with one attached hydrogen (secondary N) is 1. The fraction of sp³-hybridized carbons (Fsp3) is 0.222. The van der Waals surface area contributed by atoms with Crippen LogP contribution in [0.3, 0.4) is 0 Å². The van der Waals surface area contributed by atoms with Crippen LogP contribution < -0.4 is 10.1 Å². The minimum absolute atomic E-state index is 0.435. The van der Waals surface area contributed by atoms with Gasteiger partial charge in [-0.15, -0.1) is 0 Å². The third-order valence-corrected chi connectivity index (χ3v) is 3.47. The molecule has 132 valence electrons. The molecule has 0 heterocycles. The highest BCUT2D eigenvalue weighted by atomic mass is 19.1. The van der Waals surface area contributed by atoms with Crippen molar-refractivity contribution in [3.05, 3.63) is 65.2 Å². The lowest BCUT2D eigenvalue weighted by Gasteiger charge is -2.18. The molecule has 2 rings (SSSR count). The summed E-state index contributed by atoms with van der Waals surface area (Å²) in [5.41, 5.74) is -0.264. The Morgan fingerprint density at radius 2 is 1.72 bits per heavy atom. The molecule has 0 spiro atoms. The first-order chi connectivity index (χ1) is 11.9. The second-order valence-corrected chi connectivity index (χ2v) is 5.22. The molecule has 0 radical (unpaired) electrons. The molecule has 0 aromatic heterocycles. The van der Waals surface area contributed by atoms with Gasteiger partial charge < -0.3 is 15.2 Å². The van der Waals surface area contributed by atoms with Gasteiger partial charge in [-0.1, -0.05) is 18.2 Å². The van der Waals surface area contributed by atoms with Crippen molar-refractivity contribution in [2.45, 2.75) is 19.4 Å². The van der Waals surface area contributed by atoms with Gasteiger partial charge in [-0.25, -0.2) is 8.78 Å². The van der Waals surface area contributed by atoms with E-state index in [4.69, 9.17) is 9.84 Å². The Bertz CT molecular complexity index is 742. The standard InChI is InChI=1S/C18H17F2NO4/c1-2-25-12-8-6-11(7-9-12)15(10-16(22)23)21-18(24)17-13(19)4-3-5-14(17)20/h3-9,15H,2,10H2,1H3,(H,21,24)(H,22,23)/t15-/m0/s1. The lowest BCUT2D eigenvalue weighted by atomic mass is 10.0. The number of rotatable bonds is 7. The van der Waals surface area contributed by atoms with Crippen LogP contribution in [0, 0.1) is 11.6 Å².